The first-order valence-corrected chi connectivity index (χ1v) is 5.83. The molecule has 0 radical (unpaired) electrons. The highest BCUT2D eigenvalue weighted by molar-refractivity contribution is 5.24. The lowest BCUT2D eigenvalue weighted by Gasteiger charge is -2.37. The lowest BCUT2D eigenvalue weighted by Crippen LogP contribution is -2.47. The number of halogens is 2. The highest BCUT2D eigenvalue weighted by atomic mass is 19.3. The predicted octanol–water partition coefficient (Wildman–Crippen LogP) is 1.51. The van der Waals surface area contributed by atoms with Gasteiger partial charge >= 0.3 is 0 Å². The molecule has 0 aromatic rings. The molecule has 0 bridgehead atoms. The number of hydrogen-bond donors (Lipinski definition) is 1. The minimum absolute atomic E-state index is 0.119. The quantitative estimate of drug-likeness (QED) is 0.741. The zero-order chi connectivity index (χ0) is 12.8. The summed E-state index contributed by atoms with van der Waals surface area (Å²) in [7, 11) is 1.84. The third-order valence-electron chi connectivity index (χ3n) is 2.83. The second-order valence-electron chi connectivity index (χ2n) is 4.28. The number of piperazine rings is 1. The lowest BCUT2D eigenvalue weighted by atomic mass is 10.2. The molecule has 0 aliphatic carbocycles. The van der Waals surface area contributed by atoms with Crippen LogP contribution in [0, 0.1) is 0 Å². The van der Waals surface area contributed by atoms with Gasteiger partial charge < -0.3 is 10.2 Å². The molecule has 1 aliphatic rings. The first-order valence-electron chi connectivity index (χ1n) is 5.83. The van der Waals surface area contributed by atoms with Crippen LogP contribution in [0.3, 0.4) is 0 Å². The van der Waals surface area contributed by atoms with Crippen molar-refractivity contribution in [2.45, 2.75) is 13.3 Å². The Morgan fingerprint density at radius 3 is 2.35 bits per heavy atom. The van der Waals surface area contributed by atoms with Crippen molar-refractivity contribution in [2.24, 2.45) is 0 Å². The van der Waals surface area contributed by atoms with Crippen molar-refractivity contribution in [1.29, 1.82) is 0 Å². The Hall–Kier alpha value is -1.10. The van der Waals surface area contributed by atoms with Gasteiger partial charge in [0.05, 0.1) is 12.2 Å². The summed E-state index contributed by atoms with van der Waals surface area (Å²) >= 11 is 0. The van der Waals surface area contributed by atoms with E-state index in [0.29, 0.717) is 13.1 Å². The van der Waals surface area contributed by atoms with Crippen LogP contribution in [-0.2, 0) is 0 Å². The third-order valence-corrected chi connectivity index (χ3v) is 2.83. The number of allylic oxidation sites excluding steroid dienone is 1. The minimum Gasteiger partial charge on any atom is -0.392 e. The fourth-order valence-corrected chi connectivity index (χ4v) is 1.99. The van der Waals surface area contributed by atoms with E-state index in [1.807, 2.05) is 20.2 Å². The predicted molar refractivity (Wildman–Crippen MR) is 66.0 cm³/mol. The zero-order valence-electron chi connectivity index (χ0n) is 10.5. The molecular weight excluding hydrogens is 224 g/mol. The van der Waals surface area contributed by atoms with Gasteiger partial charge in [0.2, 0.25) is 0 Å². The molecule has 5 heteroatoms. The molecule has 1 aliphatic heterocycles. The molecule has 0 spiro atoms. The topological polar surface area (TPSA) is 18.5 Å². The molecule has 1 rings (SSSR count). The molecule has 1 fully saturated rings. The Kier molecular flexibility index (Phi) is 5.41. The maximum atomic E-state index is 12.2. The van der Waals surface area contributed by atoms with Crippen LogP contribution in [0.25, 0.3) is 0 Å². The van der Waals surface area contributed by atoms with Crippen LogP contribution in [0.15, 0.2) is 24.0 Å². The number of rotatable bonds is 5. The monoisotopic (exact) mass is 245 g/mol. The fraction of sp³-hybridized carbons (Fsp3) is 0.667. The van der Waals surface area contributed by atoms with Crippen molar-refractivity contribution in [3.63, 3.8) is 0 Å². The van der Waals surface area contributed by atoms with Gasteiger partial charge in [-0.25, -0.2) is 8.78 Å². The second kappa shape index (κ2) is 6.59. The van der Waals surface area contributed by atoms with E-state index in [1.54, 1.807) is 4.90 Å². The molecule has 3 nitrogen and oxygen atoms in total. The van der Waals surface area contributed by atoms with E-state index in [0.717, 1.165) is 24.4 Å². The SMILES string of the molecule is C=C(C)/C(=C\NC)N1CCN(CC(F)F)CC1. The van der Waals surface area contributed by atoms with Crippen LogP contribution in [0.2, 0.25) is 0 Å². The van der Waals surface area contributed by atoms with E-state index in [9.17, 15) is 8.78 Å². The van der Waals surface area contributed by atoms with Gasteiger partial charge in [-0.3, -0.25) is 4.90 Å². The summed E-state index contributed by atoms with van der Waals surface area (Å²) in [5, 5.41) is 2.99. The van der Waals surface area contributed by atoms with Crippen LogP contribution in [0.5, 0.6) is 0 Å². The maximum absolute atomic E-state index is 12.2. The smallest absolute Gasteiger partial charge is 0.251 e. The number of nitrogens with one attached hydrogen (secondary N) is 1. The molecular formula is C12H21F2N3. The highest BCUT2D eigenvalue weighted by Gasteiger charge is 2.20. The van der Waals surface area contributed by atoms with Crippen LogP contribution in [0.1, 0.15) is 6.92 Å². The minimum atomic E-state index is -2.24. The van der Waals surface area contributed by atoms with E-state index < -0.39 is 6.43 Å². The molecule has 0 atom stereocenters. The van der Waals surface area contributed by atoms with Gasteiger partial charge in [0.15, 0.2) is 0 Å². The van der Waals surface area contributed by atoms with Crippen LogP contribution in [-0.4, -0.2) is 56.0 Å². The fourth-order valence-electron chi connectivity index (χ4n) is 1.99. The summed E-state index contributed by atoms with van der Waals surface area (Å²) in [5.41, 5.74) is 2.05. The van der Waals surface area contributed by atoms with Gasteiger partial charge in [0.1, 0.15) is 0 Å². The van der Waals surface area contributed by atoms with Crippen molar-refractivity contribution in [3.8, 4) is 0 Å². The lowest BCUT2D eigenvalue weighted by molar-refractivity contribution is 0.0643. The van der Waals surface area contributed by atoms with E-state index in [2.05, 4.69) is 16.8 Å². The summed E-state index contributed by atoms with van der Waals surface area (Å²) < 4.78 is 24.5. The first kappa shape index (κ1) is 14.0. The molecule has 0 saturated carbocycles. The number of hydrogen-bond acceptors (Lipinski definition) is 3. The van der Waals surface area contributed by atoms with Gasteiger partial charge in [0.25, 0.3) is 6.43 Å². The third kappa shape index (κ3) is 4.34. The van der Waals surface area contributed by atoms with Gasteiger partial charge in [0, 0.05) is 39.4 Å². The van der Waals surface area contributed by atoms with Crippen molar-refractivity contribution in [2.75, 3.05) is 39.8 Å². The molecule has 0 unspecified atom stereocenters. The number of nitrogens with zero attached hydrogens (tertiary/aromatic N) is 2. The van der Waals surface area contributed by atoms with Gasteiger partial charge in [-0.1, -0.05) is 6.58 Å². The zero-order valence-corrected chi connectivity index (χ0v) is 10.5. The maximum Gasteiger partial charge on any atom is 0.251 e. The molecule has 1 heterocycles. The van der Waals surface area contributed by atoms with Gasteiger partial charge in [-0.15, -0.1) is 0 Å². The van der Waals surface area contributed by atoms with Crippen LogP contribution < -0.4 is 5.32 Å². The van der Waals surface area contributed by atoms with Crippen molar-refractivity contribution >= 4 is 0 Å². The normalized spacial score (nSPS) is 18.6. The van der Waals surface area contributed by atoms with Crippen LogP contribution >= 0.6 is 0 Å². The molecule has 1 N–H and O–H groups in total. The second-order valence-corrected chi connectivity index (χ2v) is 4.28. The van der Waals surface area contributed by atoms with Crippen molar-refractivity contribution in [3.05, 3.63) is 24.0 Å². The molecule has 1 saturated heterocycles. The molecule has 0 aromatic heterocycles. The Morgan fingerprint density at radius 1 is 1.35 bits per heavy atom. The molecule has 98 valence electrons. The molecule has 17 heavy (non-hydrogen) atoms. The van der Waals surface area contributed by atoms with Crippen LogP contribution in [0.4, 0.5) is 8.78 Å². The summed E-state index contributed by atoms with van der Waals surface area (Å²) in [6.07, 6.45) is -0.333. The Morgan fingerprint density at radius 2 is 1.94 bits per heavy atom. The molecule has 0 amide bonds. The Balaban J connectivity index is 2.50. The van der Waals surface area contributed by atoms with E-state index in [-0.39, 0.29) is 6.54 Å². The Bertz CT molecular complexity index is 281. The molecule has 0 aromatic carbocycles. The van der Waals surface area contributed by atoms with Crippen molar-refractivity contribution in [1.82, 2.24) is 15.1 Å². The Labute approximate surface area is 102 Å². The van der Waals surface area contributed by atoms with Crippen molar-refractivity contribution < 1.29 is 8.78 Å². The highest BCUT2D eigenvalue weighted by Crippen LogP contribution is 2.15. The summed E-state index contributed by atoms with van der Waals surface area (Å²) in [5.74, 6) is 0. The van der Waals surface area contributed by atoms with Gasteiger partial charge in [-0.2, -0.15) is 0 Å². The largest absolute Gasteiger partial charge is 0.392 e. The van der Waals surface area contributed by atoms with E-state index >= 15 is 0 Å². The summed E-state index contributed by atoms with van der Waals surface area (Å²) in [6, 6.07) is 0. The van der Waals surface area contributed by atoms with E-state index in [4.69, 9.17) is 0 Å². The van der Waals surface area contributed by atoms with E-state index in [1.165, 1.54) is 0 Å². The average Bonchev–Trinajstić information content (AvgIpc) is 2.26. The summed E-state index contributed by atoms with van der Waals surface area (Å²) in [6.45, 7) is 8.67. The van der Waals surface area contributed by atoms with Gasteiger partial charge in [-0.05, 0) is 12.5 Å². The number of alkyl halides is 2. The average molecular weight is 245 g/mol. The standard InChI is InChI=1S/C12H21F2N3/c1-10(2)11(8-15-3)17-6-4-16(5-7-17)9-12(13)14/h8,12,15H,1,4-7,9H2,2-3H3/b11-8+. The first-order chi connectivity index (χ1) is 8.04. The summed E-state index contributed by atoms with van der Waals surface area (Å²) in [4.78, 5) is 3.98.